The summed E-state index contributed by atoms with van der Waals surface area (Å²) >= 11 is 12.4. The highest BCUT2D eigenvalue weighted by molar-refractivity contribution is 7.92. The van der Waals surface area contributed by atoms with Gasteiger partial charge in [0.05, 0.1) is 19.1 Å². The van der Waals surface area contributed by atoms with E-state index < -0.39 is 21.6 Å². The largest absolute Gasteiger partial charge is 0.495 e. The van der Waals surface area contributed by atoms with Crippen molar-refractivity contribution in [1.82, 2.24) is 10.2 Å². The van der Waals surface area contributed by atoms with Crippen LogP contribution in [0, 0.1) is 0 Å². The monoisotopic (exact) mass is 571 g/mol. The van der Waals surface area contributed by atoms with Crippen LogP contribution in [0.25, 0.3) is 0 Å². The summed E-state index contributed by atoms with van der Waals surface area (Å²) in [5, 5.41) is 3.75. The van der Waals surface area contributed by atoms with E-state index in [2.05, 4.69) is 5.32 Å². The molecule has 0 saturated heterocycles. The van der Waals surface area contributed by atoms with Crippen molar-refractivity contribution in [2.45, 2.75) is 58.7 Å². The number of halogens is 2. The molecule has 0 aliphatic heterocycles. The Bertz CT molecular complexity index is 1210. The van der Waals surface area contributed by atoms with E-state index in [0.29, 0.717) is 27.0 Å². The average molecular weight is 573 g/mol. The lowest BCUT2D eigenvalue weighted by Gasteiger charge is -2.32. The second-order valence-electron chi connectivity index (χ2n) is 9.78. The third kappa shape index (κ3) is 9.09. The average Bonchev–Trinajstić information content (AvgIpc) is 2.79. The van der Waals surface area contributed by atoms with Crippen LogP contribution in [0.4, 0.5) is 5.69 Å². The van der Waals surface area contributed by atoms with Crippen molar-refractivity contribution in [3.05, 3.63) is 58.1 Å². The van der Waals surface area contributed by atoms with Crippen LogP contribution in [0.1, 0.15) is 46.1 Å². The number of hydrogen-bond acceptors (Lipinski definition) is 5. The summed E-state index contributed by atoms with van der Waals surface area (Å²) in [7, 11) is -2.18. The number of carbonyl (C=O) groups excluding carboxylic acids is 2. The second-order valence-corrected chi connectivity index (χ2v) is 12.5. The summed E-state index contributed by atoms with van der Waals surface area (Å²) in [5.74, 6) is -0.209. The molecule has 0 heterocycles. The van der Waals surface area contributed by atoms with Gasteiger partial charge >= 0.3 is 0 Å². The molecular formula is C26H35Cl2N3O5S. The molecular weight excluding hydrogens is 537 g/mol. The molecule has 2 rings (SSSR count). The normalized spacial score (nSPS) is 12.5. The summed E-state index contributed by atoms with van der Waals surface area (Å²) in [4.78, 5) is 27.8. The predicted molar refractivity (Wildman–Crippen MR) is 149 cm³/mol. The Morgan fingerprint density at radius 3 is 2.32 bits per heavy atom. The van der Waals surface area contributed by atoms with Crippen LogP contribution in [0.15, 0.2) is 42.5 Å². The lowest BCUT2D eigenvalue weighted by molar-refractivity contribution is -0.141. The molecule has 0 bridgehead atoms. The Labute approximate surface area is 229 Å². The van der Waals surface area contributed by atoms with Crippen LogP contribution in [-0.4, -0.2) is 56.6 Å². The first-order chi connectivity index (χ1) is 17.1. The number of hydrogen-bond donors (Lipinski definition) is 1. The van der Waals surface area contributed by atoms with Gasteiger partial charge in [-0.1, -0.05) is 41.4 Å². The van der Waals surface area contributed by atoms with Crippen LogP contribution in [0.3, 0.4) is 0 Å². The van der Waals surface area contributed by atoms with E-state index in [1.54, 1.807) is 49.4 Å². The number of nitrogens with one attached hydrogen (secondary N) is 1. The van der Waals surface area contributed by atoms with Gasteiger partial charge in [-0.05, 0) is 63.9 Å². The molecule has 2 aromatic carbocycles. The van der Waals surface area contributed by atoms with Gasteiger partial charge in [-0.3, -0.25) is 13.9 Å². The summed E-state index contributed by atoms with van der Waals surface area (Å²) in [6.07, 6.45) is 1.34. The highest BCUT2D eigenvalue weighted by atomic mass is 35.5. The van der Waals surface area contributed by atoms with Gasteiger partial charge in [0.2, 0.25) is 21.8 Å². The molecule has 0 fully saturated rings. The van der Waals surface area contributed by atoms with E-state index in [-0.39, 0.29) is 37.7 Å². The maximum absolute atomic E-state index is 13.4. The molecule has 8 nitrogen and oxygen atoms in total. The number of nitrogens with zero attached hydrogens (tertiary/aromatic N) is 2. The maximum atomic E-state index is 13.4. The first kappa shape index (κ1) is 30.7. The predicted octanol–water partition coefficient (Wildman–Crippen LogP) is 4.88. The Hall–Kier alpha value is -2.49. The van der Waals surface area contributed by atoms with Crippen molar-refractivity contribution in [1.29, 1.82) is 0 Å². The van der Waals surface area contributed by atoms with Gasteiger partial charge in [0.15, 0.2) is 0 Å². The highest BCUT2D eigenvalue weighted by Crippen LogP contribution is 2.30. The van der Waals surface area contributed by atoms with Crippen molar-refractivity contribution in [2.24, 2.45) is 0 Å². The zero-order valence-corrected chi connectivity index (χ0v) is 24.4. The highest BCUT2D eigenvalue weighted by Gasteiger charge is 2.29. The Balaban J connectivity index is 2.25. The number of amides is 2. The number of methoxy groups -OCH3 is 1. The van der Waals surface area contributed by atoms with Gasteiger partial charge in [-0.15, -0.1) is 0 Å². The van der Waals surface area contributed by atoms with E-state index in [0.717, 1.165) is 6.26 Å². The van der Waals surface area contributed by atoms with Gasteiger partial charge in [0.1, 0.15) is 11.8 Å². The number of carbonyl (C=O) groups is 2. The van der Waals surface area contributed by atoms with Crippen molar-refractivity contribution >= 4 is 50.7 Å². The Morgan fingerprint density at radius 1 is 1.11 bits per heavy atom. The summed E-state index contributed by atoms with van der Waals surface area (Å²) in [6.45, 7) is 7.38. The molecule has 2 amide bonds. The van der Waals surface area contributed by atoms with Gasteiger partial charge in [-0.2, -0.15) is 0 Å². The summed E-state index contributed by atoms with van der Waals surface area (Å²) in [5.41, 5.74) is 0.548. The third-order valence-electron chi connectivity index (χ3n) is 5.53. The van der Waals surface area contributed by atoms with Gasteiger partial charge in [0, 0.05) is 35.1 Å². The molecule has 2 aromatic rings. The zero-order valence-electron chi connectivity index (χ0n) is 22.0. The molecule has 11 heteroatoms. The SMILES string of the molecule is COc1ccccc1N(CCCC(=O)N(Cc1ccc(Cl)cc1Cl)[C@@H](C)C(=O)NC(C)(C)C)S(C)(=O)=O. The first-order valence-electron chi connectivity index (χ1n) is 11.8. The molecule has 0 spiro atoms. The van der Waals surface area contributed by atoms with Crippen molar-refractivity contribution in [2.75, 3.05) is 24.2 Å². The van der Waals surface area contributed by atoms with Crippen LogP contribution in [-0.2, 0) is 26.2 Å². The van der Waals surface area contributed by atoms with E-state index in [9.17, 15) is 18.0 Å². The van der Waals surface area contributed by atoms with Gasteiger partial charge in [-0.25, -0.2) is 8.42 Å². The number of sulfonamides is 1. The molecule has 204 valence electrons. The summed E-state index contributed by atoms with van der Waals surface area (Å²) < 4.78 is 31.6. The number of ether oxygens (including phenoxy) is 1. The molecule has 0 saturated carbocycles. The molecule has 0 unspecified atom stereocenters. The van der Waals surface area contributed by atoms with E-state index >= 15 is 0 Å². The van der Waals surface area contributed by atoms with Crippen molar-refractivity contribution in [3.8, 4) is 5.75 Å². The second kappa shape index (κ2) is 12.8. The minimum atomic E-state index is -3.64. The lowest BCUT2D eigenvalue weighted by Crippen LogP contribution is -2.52. The maximum Gasteiger partial charge on any atom is 0.242 e. The van der Waals surface area contributed by atoms with Crippen LogP contribution >= 0.6 is 23.2 Å². The van der Waals surface area contributed by atoms with Crippen LogP contribution < -0.4 is 14.4 Å². The topological polar surface area (TPSA) is 96.0 Å². The fraction of sp³-hybridized carbons (Fsp3) is 0.462. The molecule has 0 aliphatic carbocycles. The molecule has 0 aromatic heterocycles. The van der Waals surface area contributed by atoms with E-state index in [4.69, 9.17) is 27.9 Å². The van der Waals surface area contributed by atoms with Gasteiger partial charge < -0.3 is 15.0 Å². The lowest BCUT2D eigenvalue weighted by atomic mass is 10.1. The Morgan fingerprint density at radius 2 is 1.76 bits per heavy atom. The molecule has 1 N–H and O–H groups in total. The smallest absolute Gasteiger partial charge is 0.242 e. The number of para-hydroxylation sites is 2. The number of benzene rings is 2. The standard InChI is InChI=1S/C26H35Cl2N3O5S/c1-18(25(33)29-26(2,3)4)30(17-19-13-14-20(27)16-21(19)28)24(32)12-9-15-31(37(6,34)35)22-10-7-8-11-23(22)36-5/h7-8,10-11,13-14,16,18H,9,12,15,17H2,1-6H3,(H,29,33)/t18-/m0/s1. The molecule has 0 radical (unpaired) electrons. The zero-order chi connectivity index (χ0) is 28.0. The van der Waals surface area contributed by atoms with Crippen molar-refractivity contribution < 1.29 is 22.7 Å². The fourth-order valence-corrected chi connectivity index (χ4v) is 5.15. The number of rotatable bonds is 11. The van der Waals surface area contributed by atoms with Crippen LogP contribution in [0.5, 0.6) is 5.75 Å². The van der Waals surface area contributed by atoms with Crippen molar-refractivity contribution in [3.63, 3.8) is 0 Å². The fourth-order valence-electron chi connectivity index (χ4n) is 3.71. The first-order valence-corrected chi connectivity index (χ1v) is 14.4. The quantitative estimate of drug-likeness (QED) is 0.414. The third-order valence-corrected chi connectivity index (χ3v) is 7.29. The number of anilines is 1. The minimum absolute atomic E-state index is 0.0134. The molecule has 0 aliphatic rings. The van der Waals surface area contributed by atoms with E-state index in [1.165, 1.54) is 16.3 Å². The Kier molecular flexibility index (Phi) is 10.7. The van der Waals surface area contributed by atoms with Crippen LogP contribution in [0.2, 0.25) is 10.0 Å². The van der Waals surface area contributed by atoms with Gasteiger partial charge in [0.25, 0.3) is 0 Å². The molecule has 37 heavy (non-hydrogen) atoms. The minimum Gasteiger partial charge on any atom is -0.495 e. The van der Waals surface area contributed by atoms with E-state index in [1.807, 2.05) is 20.8 Å². The summed E-state index contributed by atoms with van der Waals surface area (Å²) in [6, 6.07) is 11.0. The molecule has 1 atom stereocenters.